The van der Waals surface area contributed by atoms with Crippen LogP contribution in [0.15, 0.2) is 69.6 Å². The Kier molecular flexibility index (Phi) is 4.00. The molecule has 0 spiro atoms. The van der Waals surface area contributed by atoms with Gasteiger partial charge < -0.3 is 0 Å². The van der Waals surface area contributed by atoms with Gasteiger partial charge >= 0.3 is 5.69 Å². The van der Waals surface area contributed by atoms with Gasteiger partial charge in [-0.05, 0) is 41.3 Å². The molecule has 0 aliphatic carbocycles. The summed E-state index contributed by atoms with van der Waals surface area (Å²) in [6.45, 7) is 0.140. The Balaban J connectivity index is 2.00. The van der Waals surface area contributed by atoms with Crippen LogP contribution < -0.4 is 11.2 Å². The number of para-hydroxylation sites is 1. The molecule has 2 heterocycles. The summed E-state index contributed by atoms with van der Waals surface area (Å²) < 4.78 is 30.0. The van der Waals surface area contributed by atoms with Gasteiger partial charge in [-0.25, -0.2) is 18.1 Å². The van der Waals surface area contributed by atoms with Crippen molar-refractivity contribution < 1.29 is 8.78 Å². The minimum Gasteiger partial charge on any atom is -0.288 e. The van der Waals surface area contributed by atoms with Crippen LogP contribution in [-0.4, -0.2) is 9.13 Å². The molecule has 0 fully saturated rings. The molecule has 0 atom stereocenters. The number of benzene rings is 2. The summed E-state index contributed by atoms with van der Waals surface area (Å²) in [7, 11) is 0. The van der Waals surface area contributed by atoms with Crippen molar-refractivity contribution in [2.45, 2.75) is 6.54 Å². The van der Waals surface area contributed by atoms with E-state index in [1.807, 2.05) is 0 Å². The maximum Gasteiger partial charge on any atom is 0.336 e. The molecule has 2 aromatic carbocycles. The summed E-state index contributed by atoms with van der Waals surface area (Å²) in [5, 5.41) is 1.71. The van der Waals surface area contributed by atoms with Crippen molar-refractivity contribution in [2.75, 3.05) is 0 Å². The molecule has 4 nitrogen and oxygen atoms in total. The third-order valence-electron chi connectivity index (χ3n) is 4.10. The van der Waals surface area contributed by atoms with Gasteiger partial charge in [-0.3, -0.25) is 9.36 Å². The standard InChI is InChI=1S/C19H12F2N2O2S/c20-13-7-5-12(6-8-13)11-22-16-9-10-26-17(16)18(24)23(19(22)25)15-4-2-1-3-14(15)21/h1-10H,11H2. The van der Waals surface area contributed by atoms with Crippen LogP contribution in [0.4, 0.5) is 8.78 Å². The lowest BCUT2D eigenvalue weighted by atomic mass is 10.2. The first kappa shape index (κ1) is 16.4. The summed E-state index contributed by atoms with van der Waals surface area (Å²) >= 11 is 1.19. The average Bonchev–Trinajstić information content (AvgIpc) is 3.12. The second kappa shape index (κ2) is 6.34. The van der Waals surface area contributed by atoms with Crippen LogP contribution in [0.2, 0.25) is 0 Å². The lowest BCUT2D eigenvalue weighted by molar-refractivity contribution is 0.606. The van der Waals surface area contributed by atoms with Crippen molar-refractivity contribution in [1.82, 2.24) is 9.13 Å². The molecule has 0 bridgehead atoms. The minimum atomic E-state index is -0.657. The topological polar surface area (TPSA) is 44.0 Å². The molecule has 0 N–H and O–H groups in total. The molecule has 4 aromatic rings. The number of hydrogen-bond donors (Lipinski definition) is 0. The van der Waals surface area contributed by atoms with Gasteiger partial charge in [0.05, 0.1) is 17.7 Å². The van der Waals surface area contributed by atoms with E-state index in [0.717, 1.165) is 4.57 Å². The van der Waals surface area contributed by atoms with E-state index in [2.05, 4.69) is 0 Å². The lowest BCUT2D eigenvalue weighted by Crippen LogP contribution is -2.39. The maximum atomic E-state index is 14.2. The number of nitrogens with zero attached hydrogens (tertiary/aromatic N) is 2. The Labute approximate surface area is 150 Å². The number of rotatable bonds is 3. The monoisotopic (exact) mass is 370 g/mol. The van der Waals surface area contributed by atoms with Crippen LogP contribution >= 0.6 is 11.3 Å². The molecule has 0 radical (unpaired) electrons. The fourth-order valence-electron chi connectivity index (χ4n) is 2.86. The van der Waals surface area contributed by atoms with E-state index in [9.17, 15) is 18.4 Å². The number of thiophene rings is 1. The first-order valence-corrected chi connectivity index (χ1v) is 8.66. The van der Waals surface area contributed by atoms with Crippen molar-refractivity contribution >= 4 is 21.6 Å². The molecule has 4 rings (SSSR count). The molecular formula is C19H12F2N2O2S. The van der Waals surface area contributed by atoms with Crippen LogP contribution in [0.25, 0.3) is 15.9 Å². The predicted octanol–water partition coefficient (Wildman–Crippen LogP) is 3.54. The molecule has 26 heavy (non-hydrogen) atoms. The molecule has 0 aliphatic heterocycles. The second-order valence-electron chi connectivity index (χ2n) is 5.72. The zero-order valence-electron chi connectivity index (χ0n) is 13.4. The second-order valence-corrected chi connectivity index (χ2v) is 6.64. The van der Waals surface area contributed by atoms with Crippen molar-refractivity contribution in [3.8, 4) is 5.69 Å². The first-order valence-electron chi connectivity index (χ1n) is 7.78. The summed E-state index contributed by atoms with van der Waals surface area (Å²) in [6, 6.07) is 13.1. The highest BCUT2D eigenvalue weighted by molar-refractivity contribution is 7.17. The third kappa shape index (κ3) is 2.66. The first-order chi connectivity index (χ1) is 12.6. The highest BCUT2D eigenvalue weighted by atomic mass is 32.1. The Morgan fingerprint density at radius 2 is 1.65 bits per heavy atom. The fourth-order valence-corrected chi connectivity index (χ4v) is 3.68. The average molecular weight is 370 g/mol. The molecular weight excluding hydrogens is 358 g/mol. The number of aromatic nitrogens is 2. The Morgan fingerprint density at radius 3 is 2.38 bits per heavy atom. The summed E-state index contributed by atoms with van der Waals surface area (Å²) in [5.74, 6) is -1.03. The largest absolute Gasteiger partial charge is 0.336 e. The van der Waals surface area contributed by atoms with Gasteiger partial charge in [-0.2, -0.15) is 0 Å². The predicted molar refractivity (Wildman–Crippen MR) is 97.1 cm³/mol. The highest BCUT2D eigenvalue weighted by Gasteiger charge is 2.17. The molecule has 0 saturated heterocycles. The minimum absolute atomic E-state index is 0.0920. The molecule has 130 valence electrons. The van der Waals surface area contributed by atoms with Crippen LogP contribution in [-0.2, 0) is 6.54 Å². The van der Waals surface area contributed by atoms with E-state index in [4.69, 9.17) is 0 Å². The van der Waals surface area contributed by atoms with Crippen LogP contribution in [0.5, 0.6) is 0 Å². The SMILES string of the molecule is O=c1c2sccc2n(Cc2ccc(F)cc2)c(=O)n1-c1ccccc1F. The summed E-state index contributed by atoms with van der Waals surface area (Å²) in [4.78, 5) is 25.8. The van der Waals surface area contributed by atoms with Gasteiger partial charge in [-0.1, -0.05) is 24.3 Å². The van der Waals surface area contributed by atoms with Crippen LogP contribution in [0.1, 0.15) is 5.56 Å². The zero-order valence-corrected chi connectivity index (χ0v) is 14.2. The van der Waals surface area contributed by atoms with E-state index in [0.29, 0.717) is 15.8 Å². The van der Waals surface area contributed by atoms with E-state index in [1.165, 1.54) is 46.2 Å². The van der Waals surface area contributed by atoms with Gasteiger partial charge in [0.25, 0.3) is 5.56 Å². The normalized spacial score (nSPS) is 11.2. The summed E-state index contributed by atoms with van der Waals surface area (Å²) in [6.07, 6.45) is 0. The van der Waals surface area contributed by atoms with Gasteiger partial charge in [0.15, 0.2) is 0 Å². The van der Waals surface area contributed by atoms with E-state index in [-0.39, 0.29) is 18.0 Å². The van der Waals surface area contributed by atoms with Crippen LogP contribution in [0.3, 0.4) is 0 Å². The van der Waals surface area contributed by atoms with E-state index < -0.39 is 17.1 Å². The van der Waals surface area contributed by atoms with Crippen molar-refractivity contribution in [3.05, 3.63) is 98.0 Å². The van der Waals surface area contributed by atoms with Gasteiger partial charge in [0, 0.05) is 0 Å². The van der Waals surface area contributed by atoms with Crippen molar-refractivity contribution in [2.24, 2.45) is 0 Å². The van der Waals surface area contributed by atoms with Gasteiger partial charge in [0.2, 0.25) is 0 Å². The number of halogens is 2. The zero-order chi connectivity index (χ0) is 18.3. The van der Waals surface area contributed by atoms with Crippen LogP contribution in [0, 0.1) is 11.6 Å². The van der Waals surface area contributed by atoms with Gasteiger partial charge in [0.1, 0.15) is 16.3 Å². The van der Waals surface area contributed by atoms with E-state index in [1.54, 1.807) is 29.6 Å². The van der Waals surface area contributed by atoms with Crippen molar-refractivity contribution in [1.29, 1.82) is 0 Å². The molecule has 2 aromatic heterocycles. The quantitative estimate of drug-likeness (QED) is 0.554. The maximum absolute atomic E-state index is 14.2. The molecule has 0 unspecified atom stereocenters. The van der Waals surface area contributed by atoms with Gasteiger partial charge in [-0.15, -0.1) is 11.3 Å². The Hall–Kier alpha value is -3.06. The third-order valence-corrected chi connectivity index (χ3v) is 4.99. The molecule has 0 saturated carbocycles. The smallest absolute Gasteiger partial charge is 0.288 e. The molecule has 0 aliphatic rings. The lowest BCUT2D eigenvalue weighted by Gasteiger charge is -2.13. The molecule has 7 heteroatoms. The Bertz CT molecular complexity index is 1220. The fraction of sp³-hybridized carbons (Fsp3) is 0.0526. The summed E-state index contributed by atoms with van der Waals surface area (Å²) in [5.41, 5.74) is -0.122. The highest BCUT2D eigenvalue weighted by Crippen LogP contribution is 2.18. The Morgan fingerprint density at radius 1 is 0.923 bits per heavy atom. The molecule has 0 amide bonds. The number of fused-ring (bicyclic) bond motifs is 1. The van der Waals surface area contributed by atoms with Crippen molar-refractivity contribution in [3.63, 3.8) is 0 Å². The number of hydrogen-bond acceptors (Lipinski definition) is 3. The van der Waals surface area contributed by atoms with E-state index >= 15 is 0 Å².